The minimum atomic E-state index is -1.85. The van der Waals surface area contributed by atoms with Crippen LogP contribution in [0.15, 0.2) is 0 Å². The number of ether oxygens (including phenoxy) is 3. The van der Waals surface area contributed by atoms with Gasteiger partial charge < -0.3 is 72.1 Å². The third-order valence-corrected chi connectivity index (χ3v) is 6.71. The lowest BCUT2D eigenvalue weighted by atomic mass is 9.86. The summed E-state index contributed by atoms with van der Waals surface area (Å²) in [6.07, 6.45) is -5.79. The fourth-order valence-electron chi connectivity index (χ4n) is 4.65. The number of carbonyl (C=O) groups excluding carboxylic acids is 1. The number of carbonyl (C=O) groups is 1. The number of hydrogen-bond donors (Lipinski definition) is 11. The zero-order valence-electron chi connectivity index (χ0n) is 24.7. The quantitative estimate of drug-likeness (QED) is 0.0964. The summed E-state index contributed by atoms with van der Waals surface area (Å²) in [5, 5.41) is 66.2. The Labute approximate surface area is 250 Å². The predicted molar refractivity (Wildman–Crippen MR) is 147 cm³/mol. The van der Waals surface area contributed by atoms with Crippen LogP contribution in [0.25, 0.3) is 0 Å². The van der Waals surface area contributed by atoms with Crippen LogP contribution in [0, 0.1) is 0 Å². The predicted octanol–water partition coefficient (Wildman–Crippen LogP) is -3.95. The second-order valence-electron chi connectivity index (χ2n) is 10.00. The Hall–Kier alpha value is -1.23. The Bertz CT molecular complexity index is 699. The molecule has 1 aliphatic carbocycles. The van der Waals surface area contributed by atoms with Crippen LogP contribution in [0.2, 0.25) is 0 Å². The minimum Gasteiger partial charge on any atom is -0.400 e. The topological polar surface area (TPSA) is 272 Å². The third kappa shape index (κ3) is 15.6. The average Bonchev–Trinajstić information content (AvgIpc) is 3.01. The van der Waals surface area contributed by atoms with E-state index in [-0.39, 0.29) is 32.2 Å². The van der Waals surface area contributed by atoms with Crippen molar-refractivity contribution in [2.75, 3.05) is 47.1 Å². The van der Waals surface area contributed by atoms with E-state index < -0.39 is 73.8 Å². The van der Waals surface area contributed by atoms with Crippen molar-refractivity contribution in [1.82, 2.24) is 10.6 Å². The number of aliphatic hydroxyl groups excluding tert-OH is 7. The van der Waals surface area contributed by atoms with Crippen LogP contribution in [0.1, 0.15) is 38.5 Å². The van der Waals surface area contributed by atoms with Crippen molar-refractivity contribution in [3.05, 3.63) is 0 Å². The molecule has 0 aromatic carbocycles. The van der Waals surface area contributed by atoms with Crippen molar-refractivity contribution in [3.8, 4) is 0 Å². The highest BCUT2D eigenvalue weighted by Crippen LogP contribution is 2.27. The molecule has 1 saturated carbocycles. The van der Waals surface area contributed by atoms with E-state index in [1.165, 1.54) is 0 Å². The van der Waals surface area contributed by atoms with E-state index in [1.54, 1.807) is 0 Å². The molecule has 11 atom stereocenters. The maximum absolute atomic E-state index is 13.4. The van der Waals surface area contributed by atoms with E-state index in [0.29, 0.717) is 25.9 Å². The van der Waals surface area contributed by atoms with Gasteiger partial charge in [0.15, 0.2) is 12.4 Å². The van der Waals surface area contributed by atoms with E-state index >= 15 is 0 Å². The van der Waals surface area contributed by atoms with Crippen molar-refractivity contribution in [1.29, 1.82) is 0 Å². The molecule has 3 aliphatic rings. The zero-order chi connectivity index (χ0) is 32.9. The van der Waals surface area contributed by atoms with E-state index in [4.69, 9.17) is 46.5 Å². The fraction of sp³-hybridized carbons (Fsp3) is 0.960. The van der Waals surface area contributed by atoms with Gasteiger partial charge in [0, 0.05) is 52.4 Å². The highest BCUT2D eigenvalue weighted by atomic mass is 19.3. The van der Waals surface area contributed by atoms with Crippen molar-refractivity contribution in [2.45, 2.75) is 106 Å². The molecule has 0 aromatic rings. The van der Waals surface area contributed by atoms with Crippen molar-refractivity contribution in [2.24, 2.45) is 11.5 Å². The Morgan fingerprint density at radius 1 is 1.09 bits per heavy atom. The van der Waals surface area contributed by atoms with Gasteiger partial charge in [-0.1, -0.05) is 0 Å². The molecule has 2 saturated heterocycles. The van der Waals surface area contributed by atoms with E-state index in [2.05, 4.69) is 20.3 Å². The van der Waals surface area contributed by atoms with Gasteiger partial charge in [-0.2, -0.15) is 4.94 Å². The Balaban J connectivity index is 0.00000105. The van der Waals surface area contributed by atoms with Gasteiger partial charge in [-0.15, -0.1) is 0 Å². The van der Waals surface area contributed by atoms with Gasteiger partial charge in [0.1, 0.15) is 18.4 Å². The third-order valence-electron chi connectivity index (χ3n) is 6.71. The molecule has 0 aromatic heterocycles. The molecular weight excluding hydrogens is 586 g/mol. The van der Waals surface area contributed by atoms with E-state index in [0.717, 1.165) is 27.1 Å². The SMILES string of the molecule is CO.CO.NCC(F)C(O)C(=O)NC1CC(N)[C@@H](O[C@@H]2CCCC(CNCCO)O2)C(O)C1.OC1COC(OF)C(O)C1. The van der Waals surface area contributed by atoms with Crippen LogP contribution < -0.4 is 22.1 Å². The molecule has 1 amide bonds. The van der Waals surface area contributed by atoms with Gasteiger partial charge in [-0.3, -0.25) is 4.79 Å². The largest absolute Gasteiger partial charge is 0.400 e. The van der Waals surface area contributed by atoms with Crippen LogP contribution in [-0.4, -0.2) is 156 Å². The smallest absolute Gasteiger partial charge is 0.252 e. The molecule has 0 radical (unpaired) electrons. The average molecular weight is 639 g/mol. The van der Waals surface area contributed by atoms with Gasteiger partial charge >= 0.3 is 0 Å². The Morgan fingerprint density at radius 2 is 1.77 bits per heavy atom. The first kappa shape index (κ1) is 41.8. The van der Waals surface area contributed by atoms with Crippen LogP contribution in [0.5, 0.6) is 0 Å². The molecule has 0 bridgehead atoms. The normalized spacial score (nSPS) is 33.7. The summed E-state index contributed by atoms with van der Waals surface area (Å²) in [4.78, 5) is 15.2. The summed E-state index contributed by atoms with van der Waals surface area (Å²) in [6.45, 7) is 0.700. The Kier molecular flexibility index (Phi) is 23.4. The Morgan fingerprint density at radius 3 is 2.33 bits per heavy atom. The number of halogens is 2. The maximum Gasteiger partial charge on any atom is 0.252 e. The number of hydrogen-bond acceptors (Lipinski definition) is 15. The van der Waals surface area contributed by atoms with Crippen molar-refractivity contribution < 1.29 is 68.6 Å². The number of nitrogens with two attached hydrogens (primary N) is 2. The summed E-state index contributed by atoms with van der Waals surface area (Å²) in [5.74, 6) is -0.874. The van der Waals surface area contributed by atoms with Crippen LogP contribution in [0.4, 0.5) is 8.92 Å². The second-order valence-corrected chi connectivity index (χ2v) is 10.00. The monoisotopic (exact) mass is 638 g/mol. The standard InChI is InChI=1S/C18H35FN4O6.C5H9FO4.2CH4O/c19-12(8-20)16(26)18(27)23-10-6-13(21)17(14(25)7-10)29-15-3-1-2-11(28-15)9-22-4-5-24;6-10-5-4(8)1-3(7)2-9-5;2*1-2/h10-17,22,24-26H,1-9,20-21H2,(H,23,27);3-5,7-8H,1-2H2;2*2H,1H3/t10?,11?,12?,13?,14?,15-,16?,17-;;;/m1.../s1. The summed E-state index contributed by atoms with van der Waals surface area (Å²) in [7, 11) is 2.00. The first-order chi connectivity index (χ1) is 20.6. The lowest BCUT2D eigenvalue weighted by Gasteiger charge is -2.41. The first-order valence-electron chi connectivity index (χ1n) is 14.1. The van der Waals surface area contributed by atoms with Gasteiger partial charge in [0.2, 0.25) is 6.29 Å². The number of amides is 1. The molecule has 3 rings (SSSR count). The summed E-state index contributed by atoms with van der Waals surface area (Å²) in [5.41, 5.74) is 11.3. The number of aliphatic hydroxyl groups is 7. The summed E-state index contributed by atoms with van der Waals surface area (Å²) in [6, 6.07) is -1.07. The van der Waals surface area contributed by atoms with Crippen LogP contribution >= 0.6 is 0 Å². The molecule has 9 unspecified atom stereocenters. The number of alkyl halides is 1. The minimum absolute atomic E-state index is 0.00560. The number of nitrogens with one attached hydrogen (secondary N) is 2. The molecule has 258 valence electrons. The molecule has 2 aliphatic heterocycles. The lowest BCUT2D eigenvalue weighted by molar-refractivity contribution is -0.324. The highest BCUT2D eigenvalue weighted by Gasteiger charge is 2.40. The summed E-state index contributed by atoms with van der Waals surface area (Å²) < 4.78 is 41.2. The summed E-state index contributed by atoms with van der Waals surface area (Å²) >= 11 is 0. The zero-order valence-corrected chi connectivity index (χ0v) is 24.7. The fourth-order valence-corrected chi connectivity index (χ4v) is 4.65. The maximum atomic E-state index is 13.4. The van der Waals surface area contributed by atoms with Gasteiger partial charge in [-0.05, 0) is 36.6 Å². The molecule has 18 heteroatoms. The van der Waals surface area contributed by atoms with Crippen LogP contribution in [0.3, 0.4) is 0 Å². The second kappa shape index (κ2) is 24.1. The van der Waals surface area contributed by atoms with Gasteiger partial charge in [0.05, 0.1) is 31.5 Å². The van der Waals surface area contributed by atoms with Crippen molar-refractivity contribution >= 4 is 5.91 Å². The van der Waals surface area contributed by atoms with Crippen molar-refractivity contribution in [3.63, 3.8) is 0 Å². The molecule has 16 nitrogen and oxygen atoms in total. The number of rotatable bonds is 11. The first-order valence-corrected chi connectivity index (χ1v) is 14.1. The lowest BCUT2D eigenvalue weighted by Crippen LogP contribution is -2.58. The molecule has 3 fully saturated rings. The molecular formula is C25H52F2N4O12. The van der Waals surface area contributed by atoms with Crippen LogP contribution in [-0.2, 0) is 23.9 Å². The molecule has 43 heavy (non-hydrogen) atoms. The van der Waals surface area contributed by atoms with E-state index in [1.807, 2.05) is 0 Å². The van der Waals surface area contributed by atoms with Gasteiger partial charge in [-0.25, -0.2) is 4.39 Å². The van der Waals surface area contributed by atoms with Gasteiger partial charge in [0.25, 0.3) is 5.91 Å². The molecule has 2 heterocycles. The molecule has 0 spiro atoms. The molecule has 13 N–H and O–H groups in total. The van der Waals surface area contributed by atoms with E-state index in [9.17, 15) is 23.9 Å². The highest BCUT2D eigenvalue weighted by molar-refractivity contribution is 5.81.